The molecular weight excluding hydrogens is 683 g/mol. The summed E-state index contributed by atoms with van der Waals surface area (Å²) in [6, 6.07) is 0. The summed E-state index contributed by atoms with van der Waals surface area (Å²) in [7, 11) is -3.38. The van der Waals surface area contributed by atoms with Gasteiger partial charge < -0.3 is 19.9 Å². The average Bonchev–Trinajstić information content (AvgIpc) is 3.16. The first kappa shape index (κ1) is 52.4. The van der Waals surface area contributed by atoms with Gasteiger partial charge in [-0.15, -0.1) is 0 Å². The van der Waals surface area contributed by atoms with Crippen molar-refractivity contribution in [2.75, 3.05) is 65.9 Å². The zero-order chi connectivity index (χ0) is 38.4. The number of nitrogens with one attached hydrogen (secondary N) is 1. The van der Waals surface area contributed by atoms with Crippen LogP contribution in [0.1, 0.15) is 194 Å². The number of allylic oxidation sites excluding steroid dienone is 4. The molecule has 0 atom stereocenters. The number of nitrogens with two attached hydrogens (primary N) is 1. The van der Waals surface area contributed by atoms with Gasteiger partial charge in [0.1, 0.15) is 0 Å². The fraction of sp³-hybridized carbons (Fsp3) is 0.909. The van der Waals surface area contributed by atoms with Gasteiger partial charge in [0, 0.05) is 13.1 Å². The molecule has 0 heterocycles. The quantitative estimate of drug-likeness (QED) is 0.0358. The van der Waals surface area contributed by atoms with Crippen LogP contribution in [0.2, 0.25) is 0 Å². The van der Waals surface area contributed by atoms with Crippen LogP contribution in [-0.2, 0) is 27.8 Å². The molecule has 0 aliphatic heterocycles. The van der Waals surface area contributed by atoms with E-state index in [2.05, 4.69) is 43.2 Å². The lowest BCUT2D eigenvalue weighted by molar-refractivity contribution is 0.0168. The van der Waals surface area contributed by atoms with Crippen LogP contribution in [0.5, 0.6) is 0 Å². The van der Waals surface area contributed by atoms with E-state index in [0.717, 1.165) is 25.7 Å². The Morgan fingerprint density at radius 2 is 0.736 bits per heavy atom. The fourth-order valence-electron chi connectivity index (χ4n) is 6.08. The van der Waals surface area contributed by atoms with E-state index in [1.165, 1.54) is 154 Å². The van der Waals surface area contributed by atoms with Crippen molar-refractivity contribution in [3.63, 3.8) is 0 Å². The molecule has 0 spiro atoms. The first-order chi connectivity index (χ1) is 26.2. The molecule has 0 fully saturated rings. The number of hydrogen-bond acceptors (Lipinski definition) is 7. The summed E-state index contributed by atoms with van der Waals surface area (Å²) in [5, 5.41) is 3.03. The standard InChI is InChI=1S/C44H89N2O6P/c1-3-5-7-9-11-13-15-17-19-21-23-25-27-29-31-33-37-51-53(47,46-36-40-49-42-44-50-43-41-48-39-35-45)52-38-34-32-30-28-26-24-22-20-18-16-14-12-10-8-6-4-2/h17-20H,3-16,21-45H2,1-2H3,(H,46,47)/b19-17+,20-18+. The Hall–Kier alpha value is -0.570. The third-order valence-corrected chi connectivity index (χ3v) is 11.0. The normalized spacial score (nSPS) is 12.3. The second-order valence-corrected chi connectivity index (χ2v) is 16.4. The average molecular weight is 773 g/mol. The van der Waals surface area contributed by atoms with Crippen molar-refractivity contribution >= 4 is 7.75 Å². The maximum Gasteiger partial charge on any atom is 0.405 e. The molecule has 8 nitrogen and oxygen atoms in total. The first-order valence-corrected chi connectivity index (χ1v) is 24.1. The minimum atomic E-state index is -3.38. The molecule has 53 heavy (non-hydrogen) atoms. The Morgan fingerprint density at radius 1 is 0.415 bits per heavy atom. The lowest BCUT2D eigenvalue weighted by Crippen LogP contribution is -2.21. The van der Waals surface area contributed by atoms with Crippen LogP contribution in [0.25, 0.3) is 0 Å². The van der Waals surface area contributed by atoms with E-state index in [4.69, 9.17) is 29.0 Å². The first-order valence-electron chi connectivity index (χ1n) is 22.6. The highest BCUT2D eigenvalue weighted by Crippen LogP contribution is 2.43. The number of unbranched alkanes of at least 4 members (excludes halogenated alkanes) is 24. The van der Waals surface area contributed by atoms with E-state index in [1.54, 1.807) is 0 Å². The summed E-state index contributed by atoms with van der Waals surface area (Å²) in [5.74, 6) is 0. The van der Waals surface area contributed by atoms with Crippen molar-refractivity contribution in [3.05, 3.63) is 24.3 Å². The molecule has 0 saturated heterocycles. The van der Waals surface area contributed by atoms with Gasteiger partial charge in [0.05, 0.1) is 52.9 Å². The zero-order valence-corrected chi connectivity index (χ0v) is 36.0. The summed E-state index contributed by atoms with van der Waals surface area (Å²) in [5.41, 5.74) is 5.41. The van der Waals surface area contributed by atoms with Crippen LogP contribution < -0.4 is 10.8 Å². The lowest BCUT2D eigenvalue weighted by Gasteiger charge is -2.19. The molecule has 0 bridgehead atoms. The van der Waals surface area contributed by atoms with Crippen LogP contribution in [0.4, 0.5) is 0 Å². The Bertz CT molecular complexity index is 752. The zero-order valence-electron chi connectivity index (χ0n) is 35.2. The van der Waals surface area contributed by atoms with Crippen LogP contribution in [-0.4, -0.2) is 65.9 Å². The van der Waals surface area contributed by atoms with E-state index in [-0.39, 0.29) is 0 Å². The van der Waals surface area contributed by atoms with Crippen LogP contribution in [0.15, 0.2) is 24.3 Å². The Labute approximate surface area is 329 Å². The van der Waals surface area contributed by atoms with Crippen molar-refractivity contribution in [3.8, 4) is 0 Å². The van der Waals surface area contributed by atoms with Crippen molar-refractivity contribution in [2.45, 2.75) is 194 Å². The highest BCUT2D eigenvalue weighted by molar-refractivity contribution is 7.51. The maximum atomic E-state index is 13.5. The van der Waals surface area contributed by atoms with Gasteiger partial charge >= 0.3 is 7.75 Å². The van der Waals surface area contributed by atoms with E-state index in [9.17, 15) is 4.57 Å². The highest BCUT2D eigenvalue weighted by Gasteiger charge is 2.23. The molecule has 316 valence electrons. The van der Waals surface area contributed by atoms with Gasteiger partial charge in [0.15, 0.2) is 0 Å². The predicted molar refractivity (Wildman–Crippen MR) is 228 cm³/mol. The van der Waals surface area contributed by atoms with Gasteiger partial charge in [-0.1, -0.05) is 154 Å². The molecule has 0 unspecified atom stereocenters. The molecule has 9 heteroatoms. The molecule has 0 aliphatic carbocycles. The Balaban J connectivity index is 4.10. The smallest absolute Gasteiger partial charge is 0.378 e. The van der Waals surface area contributed by atoms with Gasteiger partial charge in [-0.05, 0) is 64.2 Å². The SMILES string of the molecule is CCCCCCCC/C=C/CCCCCCCCOP(=O)(NCCOCCOCCOCCN)OCCCCCCCC/C=C/CCCCCCCC. The molecule has 0 aromatic rings. The van der Waals surface area contributed by atoms with E-state index in [0.29, 0.717) is 65.9 Å². The van der Waals surface area contributed by atoms with Gasteiger partial charge in [-0.25, -0.2) is 9.65 Å². The molecule has 3 N–H and O–H groups in total. The summed E-state index contributed by atoms with van der Waals surface area (Å²) in [4.78, 5) is 0. The van der Waals surface area contributed by atoms with E-state index in [1.807, 2.05) is 0 Å². The second-order valence-electron chi connectivity index (χ2n) is 14.6. The third-order valence-electron chi connectivity index (χ3n) is 9.39. The summed E-state index contributed by atoms with van der Waals surface area (Å²) in [6.45, 7) is 9.32. The molecule has 0 aliphatic rings. The van der Waals surface area contributed by atoms with Crippen LogP contribution in [0.3, 0.4) is 0 Å². The number of rotatable bonds is 46. The predicted octanol–water partition coefficient (Wildman–Crippen LogP) is 12.8. The van der Waals surface area contributed by atoms with Crippen LogP contribution in [0, 0.1) is 0 Å². The molecule has 0 aromatic carbocycles. The molecule has 0 radical (unpaired) electrons. The minimum Gasteiger partial charge on any atom is -0.378 e. The lowest BCUT2D eigenvalue weighted by atomic mass is 10.1. The second kappa shape index (κ2) is 45.8. The largest absolute Gasteiger partial charge is 0.405 e. The molecule has 0 amide bonds. The Morgan fingerprint density at radius 3 is 1.11 bits per heavy atom. The van der Waals surface area contributed by atoms with Crippen molar-refractivity contribution in [2.24, 2.45) is 5.73 Å². The maximum absolute atomic E-state index is 13.5. The number of ether oxygens (including phenoxy) is 3. The third kappa shape index (κ3) is 44.0. The molecule has 0 rings (SSSR count). The van der Waals surface area contributed by atoms with Gasteiger partial charge in [0.2, 0.25) is 0 Å². The van der Waals surface area contributed by atoms with Gasteiger partial charge in [-0.3, -0.25) is 9.05 Å². The summed E-state index contributed by atoms with van der Waals surface area (Å²) < 4.78 is 41.7. The summed E-state index contributed by atoms with van der Waals surface area (Å²) >= 11 is 0. The van der Waals surface area contributed by atoms with Crippen LogP contribution >= 0.6 is 7.75 Å². The topological polar surface area (TPSA) is 101 Å². The molecule has 0 saturated carbocycles. The minimum absolute atomic E-state index is 0.400. The van der Waals surface area contributed by atoms with Gasteiger partial charge in [0.25, 0.3) is 0 Å². The van der Waals surface area contributed by atoms with Crippen molar-refractivity contribution < 1.29 is 27.8 Å². The van der Waals surface area contributed by atoms with E-state index < -0.39 is 7.75 Å². The van der Waals surface area contributed by atoms with Crippen molar-refractivity contribution in [1.29, 1.82) is 0 Å². The van der Waals surface area contributed by atoms with Crippen molar-refractivity contribution in [1.82, 2.24) is 5.09 Å². The summed E-state index contributed by atoms with van der Waals surface area (Å²) in [6.07, 6.45) is 44.7. The van der Waals surface area contributed by atoms with E-state index >= 15 is 0 Å². The molecule has 0 aromatic heterocycles. The monoisotopic (exact) mass is 773 g/mol. The van der Waals surface area contributed by atoms with Gasteiger partial charge in [-0.2, -0.15) is 0 Å². The highest BCUT2D eigenvalue weighted by atomic mass is 31.2. The number of hydrogen-bond donors (Lipinski definition) is 2. The molecular formula is C44H89N2O6P. The Kier molecular flexibility index (Phi) is 45.3. The fourth-order valence-corrected chi connectivity index (χ4v) is 7.44.